The highest BCUT2D eigenvalue weighted by atomic mass is 16.6. The predicted octanol–water partition coefficient (Wildman–Crippen LogP) is 1.35. The van der Waals surface area contributed by atoms with E-state index in [1.807, 2.05) is 0 Å². The molecule has 1 aliphatic heterocycles. The van der Waals surface area contributed by atoms with Crippen LogP contribution in [0.2, 0.25) is 0 Å². The molecule has 20 heavy (non-hydrogen) atoms. The molecule has 1 saturated heterocycles. The molecular weight excluding hydrogens is 262 g/mol. The summed E-state index contributed by atoms with van der Waals surface area (Å²) < 4.78 is 10.7. The van der Waals surface area contributed by atoms with Gasteiger partial charge in [-0.1, -0.05) is 0 Å². The molecule has 0 bridgehead atoms. The number of methoxy groups -OCH3 is 1. The van der Waals surface area contributed by atoms with Gasteiger partial charge in [-0.25, -0.2) is 0 Å². The van der Waals surface area contributed by atoms with Crippen LogP contribution in [0.15, 0.2) is 18.2 Å². The molecule has 7 heteroatoms. The Morgan fingerprint density at radius 1 is 1.60 bits per heavy atom. The average molecular weight is 281 g/mol. The Hall–Kier alpha value is -1.86. The molecule has 1 fully saturated rings. The minimum Gasteiger partial charge on any atom is -0.490 e. The van der Waals surface area contributed by atoms with Crippen molar-refractivity contribution in [2.24, 2.45) is 0 Å². The van der Waals surface area contributed by atoms with Crippen LogP contribution < -0.4 is 10.1 Å². The van der Waals surface area contributed by atoms with Gasteiger partial charge in [0.2, 0.25) is 0 Å². The second kappa shape index (κ2) is 6.53. The maximum absolute atomic E-state index is 10.8. The van der Waals surface area contributed by atoms with E-state index in [0.717, 1.165) is 25.4 Å². The second-order valence-electron chi connectivity index (χ2n) is 4.78. The van der Waals surface area contributed by atoms with E-state index in [0.29, 0.717) is 6.54 Å². The van der Waals surface area contributed by atoms with Crippen LogP contribution in [0, 0.1) is 10.1 Å². The molecule has 1 N–H and O–H groups in total. The number of likely N-dealkylation sites (N-methyl/N-ethyl adjacent to an activating group) is 1. The fraction of sp³-hybridized carbons (Fsp3) is 0.538. The van der Waals surface area contributed by atoms with Crippen LogP contribution in [-0.4, -0.2) is 56.3 Å². The molecule has 1 atom stereocenters. The number of nitrogens with one attached hydrogen (secondary N) is 1. The minimum atomic E-state index is -0.457. The van der Waals surface area contributed by atoms with Gasteiger partial charge in [0.05, 0.1) is 24.7 Å². The van der Waals surface area contributed by atoms with Crippen molar-refractivity contribution >= 4 is 11.4 Å². The van der Waals surface area contributed by atoms with Gasteiger partial charge in [0.15, 0.2) is 5.75 Å². The van der Waals surface area contributed by atoms with Crippen molar-refractivity contribution < 1.29 is 14.4 Å². The van der Waals surface area contributed by atoms with Gasteiger partial charge in [0.25, 0.3) is 0 Å². The number of nitro groups is 1. The van der Waals surface area contributed by atoms with E-state index in [9.17, 15) is 10.1 Å². The third-order valence-electron chi connectivity index (χ3n) is 3.25. The third kappa shape index (κ3) is 3.58. The molecule has 0 spiro atoms. The molecule has 7 nitrogen and oxygen atoms in total. The summed E-state index contributed by atoms with van der Waals surface area (Å²) in [6, 6.07) is 4.74. The largest absolute Gasteiger partial charge is 0.490 e. The van der Waals surface area contributed by atoms with Gasteiger partial charge in [-0.05, 0) is 13.1 Å². The van der Waals surface area contributed by atoms with E-state index in [1.54, 1.807) is 12.1 Å². The summed E-state index contributed by atoms with van der Waals surface area (Å²) in [4.78, 5) is 12.6. The van der Waals surface area contributed by atoms with Crippen LogP contribution in [0.25, 0.3) is 0 Å². The lowest BCUT2D eigenvalue weighted by Crippen LogP contribution is -2.43. The van der Waals surface area contributed by atoms with Crippen molar-refractivity contribution in [2.75, 3.05) is 45.7 Å². The average Bonchev–Trinajstić information content (AvgIpc) is 2.44. The predicted molar refractivity (Wildman–Crippen MR) is 75.4 cm³/mol. The van der Waals surface area contributed by atoms with Crippen LogP contribution in [0.1, 0.15) is 0 Å². The Balaban J connectivity index is 1.97. The molecular formula is C13H19N3O4. The Labute approximate surface area is 117 Å². The monoisotopic (exact) mass is 281 g/mol. The summed E-state index contributed by atoms with van der Waals surface area (Å²) in [6.07, 6.45) is 0.120. The fourth-order valence-corrected chi connectivity index (χ4v) is 2.16. The van der Waals surface area contributed by atoms with Gasteiger partial charge in [-0.3, -0.25) is 10.1 Å². The van der Waals surface area contributed by atoms with Crippen LogP contribution in [0.5, 0.6) is 5.75 Å². The van der Waals surface area contributed by atoms with Crippen LogP contribution in [0.3, 0.4) is 0 Å². The lowest BCUT2D eigenvalue weighted by atomic mass is 10.2. The first kappa shape index (κ1) is 14.5. The number of benzene rings is 1. The fourth-order valence-electron chi connectivity index (χ4n) is 2.16. The Bertz CT molecular complexity index is 481. The summed E-state index contributed by atoms with van der Waals surface area (Å²) in [5.41, 5.74) is 0.746. The lowest BCUT2D eigenvalue weighted by Gasteiger charge is -2.30. The zero-order valence-corrected chi connectivity index (χ0v) is 11.7. The van der Waals surface area contributed by atoms with Gasteiger partial charge in [-0.15, -0.1) is 0 Å². The van der Waals surface area contributed by atoms with Crippen molar-refractivity contribution in [2.45, 2.75) is 6.10 Å². The van der Waals surface area contributed by atoms with Gasteiger partial charge in [-0.2, -0.15) is 0 Å². The number of nitrogens with zero attached hydrogens (tertiary/aromatic N) is 2. The van der Waals surface area contributed by atoms with Gasteiger partial charge >= 0.3 is 5.69 Å². The van der Waals surface area contributed by atoms with Crippen LogP contribution >= 0.6 is 0 Å². The Morgan fingerprint density at radius 2 is 2.40 bits per heavy atom. The van der Waals surface area contributed by atoms with E-state index in [4.69, 9.17) is 9.47 Å². The maximum atomic E-state index is 10.8. The SMILES string of the molecule is COc1cc(NCC2CN(C)CCO2)ccc1[N+](=O)[O-]. The first-order chi connectivity index (χ1) is 9.60. The van der Waals surface area contributed by atoms with Gasteiger partial charge in [0, 0.05) is 37.5 Å². The number of ether oxygens (including phenoxy) is 2. The van der Waals surface area contributed by atoms with E-state index in [-0.39, 0.29) is 17.5 Å². The molecule has 1 aromatic rings. The Kier molecular flexibility index (Phi) is 4.75. The zero-order valence-electron chi connectivity index (χ0n) is 11.7. The molecule has 0 radical (unpaired) electrons. The van der Waals surface area contributed by atoms with Gasteiger partial charge in [0.1, 0.15) is 0 Å². The quantitative estimate of drug-likeness (QED) is 0.648. The van der Waals surface area contributed by atoms with Crippen molar-refractivity contribution in [1.82, 2.24) is 4.90 Å². The summed E-state index contributed by atoms with van der Waals surface area (Å²) in [5, 5.41) is 14.0. The van der Waals surface area contributed by atoms with Gasteiger partial charge < -0.3 is 19.7 Å². The number of anilines is 1. The highest BCUT2D eigenvalue weighted by molar-refractivity contribution is 5.58. The molecule has 0 amide bonds. The molecule has 0 aromatic heterocycles. The number of rotatable bonds is 5. The number of hydrogen-bond donors (Lipinski definition) is 1. The highest BCUT2D eigenvalue weighted by Crippen LogP contribution is 2.29. The number of morpholine rings is 1. The smallest absolute Gasteiger partial charge is 0.311 e. The molecule has 0 saturated carbocycles. The summed E-state index contributed by atoms with van der Waals surface area (Å²) in [5.74, 6) is 0.252. The molecule has 1 heterocycles. The lowest BCUT2D eigenvalue weighted by molar-refractivity contribution is -0.385. The highest BCUT2D eigenvalue weighted by Gasteiger charge is 2.18. The van der Waals surface area contributed by atoms with E-state index < -0.39 is 4.92 Å². The van der Waals surface area contributed by atoms with E-state index in [2.05, 4.69) is 17.3 Å². The van der Waals surface area contributed by atoms with Crippen LogP contribution in [0.4, 0.5) is 11.4 Å². The first-order valence-corrected chi connectivity index (χ1v) is 6.46. The third-order valence-corrected chi connectivity index (χ3v) is 3.25. The van der Waals surface area contributed by atoms with Crippen molar-refractivity contribution in [1.29, 1.82) is 0 Å². The Morgan fingerprint density at radius 3 is 3.05 bits per heavy atom. The molecule has 110 valence electrons. The molecule has 2 rings (SSSR count). The second-order valence-corrected chi connectivity index (χ2v) is 4.78. The zero-order chi connectivity index (χ0) is 14.5. The molecule has 0 aliphatic carbocycles. The number of nitro benzene ring substituents is 1. The maximum Gasteiger partial charge on any atom is 0.311 e. The molecule has 1 aromatic carbocycles. The van der Waals surface area contributed by atoms with Crippen molar-refractivity contribution in [3.8, 4) is 5.75 Å². The first-order valence-electron chi connectivity index (χ1n) is 6.46. The van der Waals surface area contributed by atoms with E-state index >= 15 is 0 Å². The summed E-state index contributed by atoms with van der Waals surface area (Å²) >= 11 is 0. The van der Waals surface area contributed by atoms with Crippen molar-refractivity contribution in [3.05, 3.63) is 28.3 Å². The normalized spacial score (nSPS) is 19.6. The minimum absolute atomic E-state index is 0.0355. The summed E-state index contributed by atoms with van der Waals surface area (Å²) in [6.45, 7) is 3.21. The topological polar surface area (TPSA) is 76.9 Å². The summed E-state index contributed by atoms with van der Waals surface area (Å²) in [7, 11) is 3.48. The number of hydrogen-bond acceptors (Lipinski definition) is 6. The standard InChI is InChI=1S/C13H19N3O4/c1-15-5-6-20-11(9-15)8-14-10-3-4-12(16(17)18)13(7-10)19-2/h3-4,7,11,14H,5-6,8-9H2,1-2H3. The molecule has 1 aliphatic rings. The van der Waals surface area contributed by atoms with E-state index in [1.165, 1.54) is 13.2 Å². The molecule has 1 unspecified atom stereocenters. The van der Waals surface area contributed by atoms with Crippen LogP contribution in [-0.2, 0) is 4.74 Å². The van der Waals surface area contributed by atoms with Crippen molar-refractivity contribution in [3.63, 3.8) is 0 Å².